The van der Waals surface area contributed by atoms with Crippen LogP contribution in [-0.4, -0.2) is 22.9 Å². The second-order valence-electron chi connectivity index (χ2n) is 2.19. The van der Waals surface area contributed by atoms with Crippen molar-refractivity contribution in [2.75, 3.05) is 7.05 Å². The van der Waals surface area contributed by atoms with Crippen LogP contribution in [-0.2, 0) is 0 Å². The van der Waals surface area contributed by atoms with Gasteiger partial charge in [-0.1, -0.05) is 0 Å². The Morgan fingerprint density at radius 1 is 1.75 bits per heavy atom. The molecule has 0 saturated carbocycles. The number of hydrazine groups is 1. The third kappa shape index (κ3) is 0.993. The highest BCUT2D eigenvalue weighted by Crippen LogP contribution is 2.07. The van der Waals surface area contributed by atoms with Crippen LogP contribution in [0.3, 0.4) is 0 Å². The number of nitrogens with zero attached hydrogens (tertiary/aromatic N) is 1. The molecule has 0 aromatic rings. The number of hydrogen-bond acceptors (Lipinski definition) is 3. The number of rotatable bonds is 0. The maximum atomic E-state index is 9.13. The largest absolute Gasteiger partial charge is 0.371 e. The van der Waals surface area contributed by atoms with Crippen LogP contribution < -0.4 is 5.43 Å². The summed E-state index contributed by atoms with van der Waals surface area (Å²) in [6, 6.07) is 0. The molecule has 1 unspecified atom stereocenters. The van der Waals surface area contributed by atoms with Crippen molar-refractivity contribution in [2.45, 2.75) is 12.6 Å². The fourth-order valence-corrected chi connectivity index (χ4v) is 0.689. The molecule has 1 aliphatic heterocycles. The van der Waals surface area contributed by atoms with Crippen molar-refractivity contribution in [1.29, 1.82) is 0 Å². The van der Waals surface area contributed by atoms with Crippen LogP contribution in [0.2, 0.25) is 0 Å². The Kier molecular flexibility index (Phi) is 1.03. The van der Waals surface area contributed by atoms with Crippen LogP contribution in [0.25, 0.3) is 0 Å². The van der Waals surface area contributed by atoms with Crippen LogP contribution in [0.5, 0.6) is 0 Å². The molecule has 0 bridgehead atoms. The van der Waals surface area contributed by atoms with Crippen LogP contribution in [0, 0.1) is 0 Å². The van der Waals surface area contributed by atoms with E-state index < -0.39 is 5.72 Å². The summed E-state index contributed by atoms with van der Waals surface area (Å²) < 4.78 is 0. The second-order valence-corrected chi connectivity index (χ2v) is 2.19. The van der Waals surface area contributed by atoms with Crippen LogP contribution in [0.4, 0.5) is 0 Å². The van der Waals surface area contributed by atoms with E-state index in [9.17, 15) is 0 Å². The Morgan fingerprint density at radius 2 is 2.38 bits per heavy atom. The standard InChI is InChI=1S/C5H10N2O/c1-5(8)3-4-7(2)6-5/h3-4,6,8H,1-2H3. The predicted molar refractivity (Wildman–Crippen MR) is 30.7 cm³/mol. The van der Waals surface area contributed by atoms with E-state index in [1.165, 1.54) is 0 Å². The Hall–Kier alpha value is -0.540. The number of nitrogens with one attached hydrogen (secondary N) is 1. The minimum Gasteiger partial charge on any atom is -0.371 e. The molecule has 0 aromatic carbocycles. The van der Waals surface area contributed by atoms with E-state index in [0.29, 0.717) is 0 Å². The lowest BCUT2D eigenvalue weighted by Gasteiger charge is -2.18. The summed E-state index contributed by atoms with van der Waals surface area (Å²) >= 11 is 0. The maximum Gasteiger partial charge on any atom is 0.150 e. The Morgan fingerprint density at radius 3 is 2.50 bits per heavy atom. The molecule has 3 nitrogen and oxygen atoms in total. The summed E-state index contributed by atoms with van der Waals surface area (Å²) in [4.78, 5) is 0. The van der Waals surface area contributed by atoms with Gasteiger partial charge >= 0.3 is 0 Å². The van der Waals surface area contributed by atoms with Crippen molar-refractivity contribution in [3.05, 3.63) is 12.3 Å². The molecule has 0 radical (unpaired) electrons. The van der Waals surface area contributed by atoms with Gasteiger partial charge in [0.1, 0.15) is 5.72 Å². The number of hydrogen-bond donors (Lipinski definition) is 2. The molecule has 1 rings (SSSR count). The summed E-state index contributed by atoms with van der Waals surface area (Å²) in [6.07, 6.45) is 3.47. The van der Waals surface area contributed by atoms with Crippen LogP contribution in [0.1, 0.15) is 6.92 Å². The summed E-state index contributed by atoms with van der Waals surface area (Å²) in [5.41, 5.74) is 1.93. The van der Waals surface area contributed by atoms with Gasteiger partial charge in [0.05, 0.1) is 0 Å². The molecule has 1 atom stereocenters. The smallest absolute Gasteiger partial charge is 0.150 e. The Labute approximate surface area is 48.6 Å². The van der Waals surface area contributed by atoms with E-state index in [0.717, 1.165) is 0 Å². The lowest BCUT2D eigenvalue weighted by Crippen LogP contribution is -2.42. The minimum atomic E-state index is -0.839. The molecule has 2 N–H and O–H groups in total. The van der Waals surface area contributed by atoms with Gasteiger partial charge in [-0.2, -0.15) is 0 Å². The third-order valence-corrected chi connectivity index (χ3v) is 1.03. The molecule has 8 heavy (non-hydrogen) atoms. The van der Waals surface area contributed by atoms with E-state index in [1.807, 2.05) is 7.05 Å². The zero-order valence-electron chi connectivity index (χ0n) is 5.05. The number of aliphatic hydroxyl groups is 1. The molecular weight excluding hydrogens is 104 g/mol. The van der Waals surface area contributed by atoms with E-state index in [4.69, 9.17) is 5.11 Å². The van der Waals surface area contributed by atoms with Crippen molar-refractivity contribution in [2.24, 2.45) is 0 Å². The van der Waals surface area contributed by atoms with E-state index >= 15 is 0 Å². The first-order valence-corrected chi connectivity index (χ1v) is 2.52. The molecule has 0 aromatic heterocycles. The second kappa shape index (κ2) is 1.47. The molecule has 0 fully saturated rings. The quantitative estimate of drug-likeness (QED) is 0.452. The summed E-state index contributed by atoms with van der Waals surface area (Å²) in [6.45, 7) is 1.69. The van der Waals surface area contributed by atoms with Crippen molar-refractivity contribution >= 4 is 0 Å². The highest BCUT2D eigenvalue weighted by molar-refractivity contribution is 5.00. The Balaban J connectivity index is 2.58. The summed E-state index contributed by atoms with van der Waals surface area (Å²) in [7, 11) is 1.83. The summed E-state index contributed by atoms with van der Waals surface area (Å²) in [5.74, 6) is 0. The van der Waals surface area contributed by atoms with Crippen molar-refractivity contribution < 1.29 is 5.11 Å². The fourth-order valence-electron chi connectivity index (χ4n) is 0.689. The SMILES string of the molecule is CN1C=CC(C)(O)N1. The predicted octanol–water partition coefficient (Wildman–Crippen LogP) is -0.341. The van der Waals surface area contributed by atoms with Gasteiger partial charge in [0.15, 0.2) is 0 Å². The van der Waals surface area contributed by atoms with Gasteiger partial charge < -0.3 is 10.1 Å². The van der Waals surface area contributed by atoms with Gasteiger partial charge in [0.25, 0.3) is 0 Å². The Bertz CT molecular complexity index is 120. The molecule has 3 heteroatoms. The molecule has 0 amide bonds. The normalized spacial score (nSPS) is 36.6. The van der Waals surface area contributed by atoms with E-state index in [2.05, 4.69) is 5.43 Å². The van der Waals surface area contributed by atoms with E-state index in [1.54, 1.807) is 24.2 Å². The molecule has 1 heterocycles. The fraction of sp³-hybridized carbons (Fsp3) is 0.600. The van der Waals surface area contributed by atoms with Gasteiger partial charge in [-0.15, -0.1) is 0 Å². The first-order chi connectivity index (χ1) is 3.60. The van der Waals surface area contributed by atoms with Gasteiger partial charge in [-0.25, -0.2) is 5.43 Å². The summed E-state index contributed by atoms with van der Waals surface area (Å²) in [5, 5.41) is 10.8. The third-order valence-electron chi connectivity index (χ3n) is 1.03. The maximum absolute atomic E-state index is 9.13. The highest BCUT2D eigenvalue weighted by Gasteiger charge is 2.21. The molecule has 0 saturated heterocycles. The molecular formula is C5H10N2O. The van der Waals surface area contributed by atoms with Crippen LogP contribution in [0.15, 0.2) is 12.3 Å². The molecule has 1 aliphatic rings. The van der Waals surface area contributed by atoms with Gasteiger partial charge in [0.2, 0.25) is 0 Å². The zero-order valence-corrected chi connectivity index (χ0v) is 5.05. The molecule has 0 spiro atoms. The highest BCUT2D eigenvalue weighted by atomic mass is 16.3. The van der Waals surface area contributed by atoms with Crippen molar-refractivity contribution in [3.63, 3.8) is 0 Å². The van der Waals surface area contributed by atoms with Crippen LogP contribution >= 0.6 is 0 Å². The van der Waals surface area contributed by atoms with Crippen molar-refractivity contribution in [3.8, 4) is 0 Å². The lowest BCUT2D eigenvalue weighted by atomic mass is 10.3. The molecule has 0 aliphatic carbocycles. The monoisotopic (exact) mass is 114 g/mol. The van der Waals surface area contributed by atoms with Gasteiger partial charge in [-0.3, -0.25) is 0 Å². The average molecular weight is 114 g/mol. The minimum absolute atomic E-state index is 0.839. The molecule has 46 valence electrons. The average Bonchev–Trinajstić information content (AvgIpc) is 1.82. The van der Waals surface area contributed by atoms with E-state index in [-0.39, 0.29) is 0 Å². The van der Waals surface area contributed by atoms with Gasteiger partial charge in [0, 0.05) is 13.2 Å². The van der Waals surface area contributed by atoms with Gasteiger partial charge in [-0.05, 0) is 13.0 Å². The lowest BCUT2D eigenvalue weighted by molar-refractivity contribution is 0.0383. The topological polar surface area (TPSA) is 35.5 Å². The first-order valence-electron chi connectivity index (χ1n) is 2.52. The zero-order chi connectivity index (χ0) is 6.20. The first kappa shape index (κ1) is 5.59. The van der Waals surface area contributed by atoms with Crippen molar-refractivity contribution in [1.82, 2.24) is 10.4 Å².